The lowest BCUT2D eigenvalue weighted by atomic mass is 10.2. The van der Waals surface area contributed by atoms with E-state index in [1.54, 1.807) is 29.2 Å². The third-order valence-corrected chi connectivity index (χ3v) is 6.08. The van der Waals surface area contributed by atoms with Gasteiger partial charge in [0.15, 0.2) is 9.84 Å². The van der Waals surface area contributed by atoms with E-state index in [0.29, 0.717) is 23.6 Å². The molecule has 1 amide bonds. The molecular formula is C12H12ClNO3S. The number of fused-ring (bicyclic) bond motifs is 2. The molecule has 6 heteroatoms. The number of halogens is 1. The molecule has 0 N–H and O–H groups in total. The number of hydrogen-bond donors (Lipinski definition) is 0. The van der Waals surface area contributed by atoms with Crippen LogP contribution in [0.1, 0.15) is 16.8 Å². The van der Waals surface area contributed by atoms with E-state index in [9.17, 15) is 13.2 Å². The Labute approximate surface area is 110 Å². The van der Waals surface area contributed by atoms with Gasteiger partial charge in [-0.25, -0.2) is 8.42 Å². The van der Waals surface area contributed by atoms with Gasteiger partial charge in [-0.1, -0.05) is 17.7 Å². The van der Waals surface area contributed by atoms with Crippen molar-refractivity contribution in [3.8, 4) is 0 Å². The number of nitrogens with zero attached hydrogens (tertiary/aromatic N) is 1. The second-order valence-electron chi connectivity index (χ2n) is 4.81. The second kappa shape index (κ2) is 3.96. The van der Waals surface area contributed by atoms with E-state index >= 15 is 0 Å². The third-order valence-electron chi connectivity index (χ3n) is 3.64. The van der Waals surface area contributed by atoms with Crippen LogP contribution in [0.25, 0.3) is 0 Å². The standard InChI is InChI=1S/C12H12ClNO3S/c13-9-3-1-2-8(4-9)12(15)14-6-11-5-10(14)7-18(11,16)17/h1-4,10-11H,5-7H2. The van der Waals surface area contributed by atoms with E-state index < -0.39 is 9.84 Å². The highest BCUT2D eigenvalue weighted by Crippen LogP contribution is 2.33. The predicted molar refractivity (Wildman–Crippen MR) is 68.5 cm³/mol. The average molecular weight is 286 g/mol. The zero-order valence-electron chi connectivity index (χ0n) is 9.54. The summed E-state index contributed by atoms with van der Waals surface area (Å²) in [7, 11) is -2.96. The van der Waals surface area contributed by atoms with Crippen molar-refractivity contribution in [2.24, 2.45) is 0 Å². The van der Waals surface area contributed by atoms with Gasteiger partial charge in [0.1, 0.15) is 0 Å². The smallest absolute Gasteiger partial charge is 0.254 e. The van der Waals surface area contributed by atoms with Crippen molar-refractivity contribution in [2.45, 2.75) is 17.7 Å². The van der Waals surface area contributed by atoms with Gasteiger partial charge in [-0.2, -0.15) is 0 Å². The van der Waals surface area contributed by atoms with E-state index in [-0.39, 0.29) is 23.0 Å². The normalized spacial score (nSPS) is 28.6. The fourth-order valence-electron chi connectivity index (χ4n) is 2.73. The maximum atomic E-state index is 12.3. The van der Waals surface area contributed by atoms with Gasteiger partial charge in [-0.3, -0.25) is 4.79 Å². The van der Waals surface area contributed by atoms with Crippen LogP contribution in [-0.2, 0) is 9.84 Å². The molecule has 1 aromatic rings. The Morgan fingerprint density at radius 2 is 2.17 bits per heavy atom. The number of carbonyl (C=O) groups is 1. The molecule has 0 spiro atoms. The van der Waals surface area contributed by atoms with Crippen LogP contribution in [0.4, 0.5) is 0 Å². The maximum Gasteiger partial charge on any atom is 0.254 e. The van der Waals surface area contributed by atoms with E-state index in [2.05, 4.69) is 0 Å². The van der Waals surface area contributed by atoms with Crippen molar-refractivity contribution in [1.29, 1.82) is 0 Å². The van der Waals surface area contributed by atoms with Gasteiger partial charge >= 0.3 is 0 Å². The lowest BCUT2D eigenvalue weighted by Gasteiger charge is -2.26. The second-order valence-corrected chi connectivity index (χ2v) is 7.57. The first kappa shape index (κ1) is 12.0. The molecule has 0 aromatic heterocycles. The summed E-state index contributed by atoms with van der Waals surface area (Å²) in [6, 6.07) is 6.59. The minimum absolute atomic E-state index is 0.101. The zero-order valence-corrected chi connectivity index (χ0v) is 11.1. The molecule has 2 atom stereocenters. The summed E-state index contributed by atoms with van der Waals surface area (Å²) >= 11 is 5.85. The first-order valence-electron chi connectivity index (χ1n) is 5.75. The summed E-state index contributed by atoms with van der Waals surface area (Å²) in [5, 5.41) is 0.142. The molecule has 2 aliphatic heterocycles. The quantitative estimate of drug-likeness (QED) is 0.783. The molecule has 4 nitrogen and oxygen atoms in total. The van der Waals surface area contributed by atoms with Crippen LogP contribution in [0.3, 0.4) is 0 Å². The van der Waals surface area contributed by atoms with Crippen LogP contribution in [-0.4, -0.2) is 42.8 Å². The molecule has 2 saturated heterocycles. The molecule has 0 aliphatic carbocycles. The van der Waals surface area contributed by atoms with Crippen LogP contribution in [0.5, 0.6) is 0 Å². The third kappa shape index (κ3) is 1.82. The molecular weight excluding hydrogens is 274 g/mol. The van der Waals surface area contributed by atoms with Gasteiger partial charge in [-0.15, -0.1) is 0 Å². The molecule has 2 heterocycles. The highest BCUT2D eigenvalue weighted by atomic mass is 35.5. The molecule has 1 aromatic carbocycles. The van der Waals surface area contributed by atoms with Crippen molar-refractivity contribution in [3.63, 3.8) is 0 Å². The van der Waals surface area contributed by atoms with Crippen molar-refractivity contribution in [1.82, 2.24) is 4.90 Å². The number of amides is 1. The highest BCUT2D eigenvalue weighted by Gasteiger charge is 2.50. The summed E-state index contributed by atoms with van der Waals surface area (Å²) in [5.74, 6) is -0.0239. The number of carbonyl (C=O) groups excluding carboxylic acids is 1. The topological polar surface area (TPSA) is 54.5 Å². The molecule has 2 fully saturated rings. The largest absolute Gasteiger partial charge is 0.333 e. The number of likely N-dealkylation sites (tertiary alicyclic amines) is 1. The highest BCUT2D eigenvalue weighted by molar-refractivity contribution is 7.92. The van der Waals surface area contributed by atoms with Gasteiger partial charge < -0.3 is 4.90 Å². The Balaban J connectivity index is 1.85. The molecule has 0 radical (unpaired) electrons. The van der Waals surface area contributed by atoms with Crippen LogP contribution >= 0.6 is 11.6 Å². The fraction of sp³-hybridized carbons (Fsp3) is 0.417. The molecule has 2 unspecified atom stereocenters. The van der Waals surface area contributed by atoms with Crippen LogP contribution in [0.15, 0.2) is 24.3 Å². The first-order chi connectivity index (χ1) is 8.47. The minimum Gasteiger partial charge on any atom is -0.333 e. The summed E-state index contributed by atoms with van der Waals surface area (Å²) in [6.07, 6.45) is 0.578. The maximum absolute atomic E-state index is 12.3. The summed E-state index contributed by atoms with van der Waals surface area (Å²) < 4.78 is 23.2. The van der Waals surface area contributed by atoms with Crippen LogP contribution < -0.4 is 0 Å². The summed E-state index contributed by atoms with van der Waals surface area (Å²) in [5.41, 5.74) is 0.521. The molecule has 0 saturated carbocycles. The van der Waals surface area contributed by atoms with Crippen molar-refractivity contribution in [2.75, 3.05) is 12.3 Å². The number of sulfone groups is 1. The Bertz CT molecular complexity index is 614. The molecule has 96 valence electrons. The average Bonchev–Trinajstić information content (AvgIpc) is 2.83. The van der Waals surface area contributed by atoms with E-state index in [0.717, 1.165) is 0 Å². The van der Waals surface area contributed by atoms with Gasteiger partial charge in [0.25, 0.3) is 5.91 Å². The zero-order chi connectivity index (χ0) is 12.9. The van der Waals surface area contributed by atoms with E-state index in [1.165, 1.54) is 0 Å². The Kier molecular flexibility index (Phi) is 2.64. The van der Waals surface area contributed by atoms with Crippen LogP contribution in [0.2, 0.25) is 5.02 Å². The summed E-state index contributed by atoms with van der Waals surface area (Å²) in [6.45, 7) is 0.318. The van der Waals surface area contributed by atoms with E-state index in [1.807, 2.05) is 0 Å². The van der Waals surface area contributed by atoms with Gasteiger partial charge in [0, 0.05) is 23.2 Å². The monoisotopic (exact) mass is 285 g/mol. The Morgan fingerprint density at radius 1 is 1.39 bits per heavy atom. The lowest BCUT2D eigenvalue weighted by molar-refractivity contribution is 0.0746. The Hall–Kier alpha value is -1.07. The van der Waals surface area contributed by atoms with Crippen molar-refractivity contribution < 1.29 is 13.2 Å². The van der Waals surface area contributed by atoms with Crippen molar-refractivity contribution in [3.05, 3.63) is 34.9 Å². The number of rotatable bonds is 1. The number of benzene rings is 1. The molecule has 2 bridgehead atoms. The molecule has 2 aliphatic rings. The molecule has 3 rings (SSSR count). The van der Waals surface area contributed by atoms with Gasteiger partial charge in [0.05, 0.1) is 11.0 Å². The Morgan fingerprint density at radius 3 is 2.72 bits per heavy atom. The minimum atomic E-state index is -2.96. The predicted octanol–water partition coefficient (Wildman–Crippen LogP) is 1.35. The van der Waals surface area contributed by atoms with Gasteiger partial charge in [0.2, 0.25) is 0 Å². The fourth-order valence-corrected chi connectivity index (χ4v) is 4.95. The molecule has 18 heavy (non-hydrogen) atoms. The first-order valence-corrected chi connectivity index (χ1v) is 7.85. The van der Waals surface area contributed by atoms with Crippen LogP contribution in [0, 0.1) is 0 Å². The van der Waals surface area contributed by atoms with Crippen molar-refractivity contribution >= 4 is 27.3 Å². The summed E-state index contributed by atoms with van der Waals surface area (Å²) in [4.78, 5) is 13.9. The lowest BCUT2D eigenvalue weighted by Crippen LogP contribution is -2.44. The van der Waals surface area contributed by atoms with Gasteiger partial charge in [-0.05, 0) is 24.6 Å². The SMILES string of the molecule is O=C(c1cccc(Cl)c1)N1CC2CC1CS2(=O)=O. The van der Waals surface area contributed by atoms with E-state index in [4.69, 9.17) is 11.6 Å². The number of hydrogen-bond acceptors (Lipinski definition) is 3.